The molecular weight excluding hydrogens is 279 g/mol. The van der Waals surface area contributed by atoms with Crippen molar-refractivity contribution in [1.29, 1.82) is 0 Å². The molecule has 1 atom stereocenters. The quantitative estimate of drug-likeness (QED) is 0.800. The van der Waals surface area contributed by atoms with Crippen LogP contribution < -0.4 is 0 Å². The molecule has 110 valence electrons. The summed E-state index contributed by atoms with van der Waals surface area (Å²) in [6.07, 6.45) is 1.65. The number of hydrogen-bond acceptors (Lipinski definition) is 2. The Morgan fingerprint density at radius 2 is 2.10 bits per heavy atom. The number of halogens is 3. The van der Waals surface area contributed by atoms with E-state index in [9.17, 15) is 13.2 Å². The predicted molar refractivity (Wildman–Crippen MR) is 73.9 cm³/mol. The Kier molecular flexibility index (Phi) is 3.11. The third-order valence-electron chi connectivity index (χ3n) is 3.75. The lowest BCUT2D eigenvalue weighted by Crippen LogP contribution is -2.14. The van der Waals surface area contributed by atoms with Gasteiger partial charge in [0.2, 0.25) is 0 Å². The number of pyridine rings is 1. The van der Waals surface area contributed by atoms with Crippen LogP contribution in [0.2, 0.25) is 0 Å². The minimum Gasteiger partial charge on any atom is -0.315 e. The molecule has 1 aliphatic rings. The van der Waals surface area contributed by atoms with Crippen LogP contribution in [-0.2, 0) is 7.05 Å². The molecule has 2 heterocycles. The largest absolute Gasteiger partial charge is 0.416 e. The zero-order valence-electron chi connectivity index (χ0n) is 11.6. The Morgan fingerprint density at radius 3 is 2.67 bits per heavy atom. The van der Waals surface area contributed by atoms with Gasteiger partial charge in [0.05, 0.1) is 5.57 Å². The van der Waals surface area contributed by atoms with Crippen LogP contribution in [0.15, 0.2) is 36.1 Å². The molecule has 21 heavy (non-hydrogen) atoms. The maximum Gasteiger partial charge on any atom is 0.416 e. The lowest BCUT2D eigenvalue weighted by Gasteiger charge is -2.17. The molecule has 0 fully saturated rings. The summed E-state index contributed by atoms with van der Waals surface area (Å²) in [5.41, 5.74) is 1.97. The van der Waals surface area contributed by atoms with Crippen molar-refractivity contribution >= 4 is 11.2 Å². The second-order valence-electron chi connectivity index (χ2n) is 5.19. The van der Waals surface area contributed by atoms with Crippen LogP contribution in [0.25, 0.3) is 11.2 Å². The highest BCUT2D eigenvalue weighted by Gasteiger charge is 2.33. The van der Waals surface area contributed by atoms with Gasteiger partial charge in [-0.25, -0.2) is 9.97 Å². The number of rotatable bonds is 1. The summed E-state index contributed by atoms with van der Waals surface area (Å²) in [6.45, 7) is 1.94. The van der Waals surface area contributed by atoms with Crippen LogP contribution in [0.5, 0.6) is 0 Å². The molecule has 1 aliphatic carbocycles. The zero-order valence-corrected chi connectivity index (χ0v) is 11.6. The van der Waals surface area contributed by atoms with Crippen LogP contribution in [-0.4, -0.2) is 20.7 Å². The summed E-state index contributed by atoms with van der Waals surface area (Å²) in [4.78, 5) is 8.85. The van der Waals surface area contributed by atoms with Crippen molar-refractivity contribution in [1.82, 2.24) is 14.5 Å². The summed E-state index contributed by atoms with van der Waals surface area (Å²) in [6, 6.07) is 1.87. The smallest absolute Gasteiger partial charge is 0.315 e. The fourth-order valence-electron chi connectivity index (χ4n) is 2.57. The Morgan fingerprint density at radius 1 is 1.33 bits per heavy atom. The summed E-state index contributed by atoms with van der Waals surface area (Å²) in [7, 11) is 1.84. The topological polar surface area (TPSA) is 30.7 Å². The molecule has 0 spiro atoms. The van der Waals surface area contributed by atoms with E-state index in [-0.39, 0.29) is 5.92 Å². The van der Waals surface area contributed by atoms with Crippen molar-refractivity contribution in [2.75, 3.05) is 0 Å². The number of imidazole rings is 1. The van der Waals surface area contributed by atoms with Crippen molar-refractivity contribution in [3.05, 3.63) is 47.5 Å². The first-order valence-electron chi connectivity index (χ1n) is 6.61. The van der Waals surface area contributed by atoms with Gasteiger partial charge < -0.3 is 4.57 Å². The lowest BCUT2D eigenvalue weighted by atomic mass is 9.96. The minimum atomic E-state index is -4.29. The number of nitrogens with zero attached hydrogens (tertiary/aromatic N) is 3. The first-order chi connectivity index (χ1) is 9.88. The van der Waals surface area contributed by atoms with Gasteiger partial charge in [0.25, 0.3) is 0 Å². The molecule has 0 aliphatic heterocycles. The van der Waals surface area contributed by atoms with E-state index in [0.717, 1.165) is 28.6 Å². The van der Waals surface area contributed by atoms with Crippen molar-refractivity contribution < 1.29 is 13.2 Å². The summed E-state index contributed by atoms with van der Waals surface area (Å²) < 4.78 is 39.7. The van der Waals surface area contributed by atoms with Gasteiger partial charge in [-0.2, -0.15) is 13.2 Å². The van der Waals surface area contributed by atoms with E-state index in [0.29, 0.717) is 6.42 Å². The van der Waals surface area contributed by atoms with Crippen LogP contribution in [0.3, 0.4) is 0 Å². The maximum atomic E-state index is 12.6. The van der Waals surface area contributed by atoms with Crippen LogP contribution in [0.1, 0.15) is 23.7 Å². The van der Waals surface area contributed by atoms with Crippen LogP contribution in [0.4, 0.5) is 13.2 Å². The lowest BCUT2D eigenvalue weighted by molar-refractivity contribution is -0.0886. The first-order valence-corrected chi connectivity index (χ1v) is 6.61. The van der Waals surface area contributed by atoms with Crippen molar-refractivity contribution in [3.63, 3.8) is 0 Å². The Labute approximate surface area is 119 Å². The summed E-state index contributed by atoms with van der Waals surface area (Å²) in [5, 5.41) is 0. The highest BCUT2D eigenvalue weighted by molar-refractivity contribution is 5.75. The van der Waals surface area contributed by atoms with Gasteiger partial charge in [0, 0.05) is 19.2 Å². The molecule has 0 saturated heterocycles. The van der Waals surface area contributed by atoms with Crippen molar-refractivity contribution in [3.8, 4) is 0 Å². The first kappa shape index (κ1) is 13.9. The second kappa shape index (κ2) is 4.72. The molecule has 0 aromatic carbocycles. The van der Waals surface area contributed by atoms with E-state index in [4.69, 9.17) is 0 Å². The van der Waals surface area contributed by atoms with Gasteiger partial charge in [-0.3, -0.25) is 0 Å². The van der Waals surface area contributed by atoms with Gasteiger partial charge in [-0.1, -0.05) is 18.2 Å². The fourth-order valence-corrected chi connectivity index (χ4v) is 2.57. The number of alkyl halides is 3. The molecule has 0 bridgehead atoms. The average Bonchev–Trinajstić information content (AvgIpc) is 2.77. The molecule has 1 unspecified atom stereocenters. The van der Waals surface area contributed by atoms with Gasteiger partial charge >= 0.3 is 6.18 Å². The molecule has 2 aromatic rings. The van der Waals surface area contributed by atoms with E-state index >= 15 is 0 Å². The van der Waals surface area contributed by atoms with E-state index in [1.54, 1.807) is 12.3 Å². The normalized spacial score (nSPS) is 19.1. The SMILES string of the molecule is Cc1ccnc2c1nc(C1C=CC(C(F)(F)F)=CC1)n2C. The summed E-state index contributed by atoms with van der Waals surface area (Å²) in [5.74, 6) is 0.579. The predicted octanol–water partition coefficient (Wildman–Crippen LogP) is 3.81. The van der Waals surface area contributed by atoms with E-state index in [1.165, 1.54) is 6.08 Å². The molecular formula is C15H14F3N3. The molecule has 2 aromatic heterocycles. The van der Waals surface area contributed by atoms with E-state index in [1.807, 2.05) is 24.6 Å². The highest BCUT2D eigenvalue weighted by atomic mass is 19.4. The van der Waals surface area contributed by atoms with Crippen LogP contribution in [0, 0.1) is 6.92 Å². The molecule has 6 heteroatoms. The number of aryl methyl sites for hydroxylation is 2. The third kappa shape index (κ3) is 2.34. The molecule has 0 amide bonds. The number of allylic oxidation sites excluding steroid dienone is 4. The summed E-state index contributed by atoms with van der Waals surface area (Å²) >= 11 is 0. The second-order valence-corrected chi connectivity index (χ2v) is 5.19. The van der Waals surface area contributed by atoms with Crippen molar-refractivity contribution in [2.24, 2.45) is 7.05 Å². The van der Waals surface area contributed by atoms with E-state index < -0.39 is 11.7 Å². The molecule has 0 radical (unpaired) electrons. The van der Waals surface area contributed by atoms with Gasteiger partial charge in [0.1, 0.15) is 11.3 Å². The standard InChI is InChI=1S/C15H14F3N3/c1-9-7-8-19-14-12(9)20-13(21(14)2)10-3-5-11(6-4-10)15(16,17)18/h3,5-8,10H,4H2,1-2H3. The Balaban J connectivity index is 1.97. The minimum absolute atomic E-state index is 0.158. The number of fused-ring (bicyclic) bond motifs is 1. The molecule has 0 N–H and O–H groups in total. The number of aromatic nitrogens is 3. The zero-order chi connectivity index (χ0) is 15.2. The molecule has 3 rings (SSSR count). The monoisotopic (exact) mass is 293 g/mol. The van der Waals surface area contributed by atoms with Crippen LogP contribution >= 0.6 is 0 Å². The Bertz CT molecular complexity index is 753. The third-order valence-corrected chi connectivity index (χ3v) is 3.75. The molecule has 0 saturated carbocycles. The van der Waals surface area contributed by atoms with Gasteiger partial charge in [-0.05, 0) is 25.0 Å². The van der Waals surface area contributed by atoms with E-state index in [2.05, 4.69) is 9.97 Å². The maximum absolute atomic E-state index is 12.6. The average molecular weight is 293 g/mol. The highest BCUT2D eigenvalue weighted by Crippen LogP contribution is 2.34. The van der Waals surface area contributed by atoms with Gasteiger partial charge in [-0.15, -0.1) is 0 Å². The fraction of sp³-hybridized carbons (Fsp3) is 0.333. The van der Waals surface area contributed by atoms with Crippen molar-refractivity contribution in [2.45, 2.75) is 25.4 Å². The Hall–Kier alpha value is -2.11. The van der Waals surface area contributed by atoms with Gasteiger partial charge in [0.15, 0.2) is 5.65 Å². The molecule has 3 nitrogen and oxygen atoms in total. The number of hydrogen-bond donors (Lipinski definition) is 0.